The smallest absolute Gasteiger partial charge is 0.113 e. The van der Waals surface area contributed by atoms with E-state index in [-0.39, 0.29) is 5.54 Å². The van der Waals surface area contributed by atoms with Crippen molar-refractivity contribution in [3.63, 3.8) is 0 Å². The Bertz CT molecular complexity index is 378. The van der Waals surface area contributed by atoms with Gasteiger partial charge in [0, 0.05) is 18.5 Å². The van der Waals surface area contributed by atoms with E-state index in [4.69, 9.17) is 4.98 Å². The molecule has 1 N–H and O–H groups in total. The largest absolute Gasteiger partial charge is 0.306 e. The first-order chi connectivity index (χ1) is 8.57. The van der Waals surface area contributed by atoms with E-state index in [9.17, 15) is 0 Å². The maximum atomic E-state index is 4.89. The monoisotopic (exact) mass is 267 g/mol. The fourth-order valence-electron chi connectivity index (χ4n) is 2.58. The molecule has 0 atom stereocenters. The highest BCUT2D eigenvalue weighted by atomic mass is 32.1. The lowest BCUT2D eigenvalue weighted by Crippen LogP contribution is -2.50. The van der Waals surface area contributed by atoms with E-state index in [0.717, 1.165) is 19.6 Å². The van der Waals surface area contributed by atoms with Crippen LogP contribution in [0.4, 0.5) is 0 Å². The van der Waals surface area contributed by atoms with Gasteiger partial charge < -0.3 is 10.2 Å². The number of rotatable bonds is 4. The summed E-state index contributed by atoms with van der Waals surface area (Å²) >= 11 is 1.83. The molecule has 18 heavy (non-hydrogen) atoms. The predicted octanol–water partition coefficient (Wildman–Crippen LogP) is 2.80. The predicted molar refractivity (Wildman–Crippen MR) is 78.3 cm³/mol. The maximum Gasteiger partial charge on any atom is 0.113 e. The van der Waals surface area contributed by atoms with E-state index < -0.39 is 0 Å². The van der Waals surface area contributed by atoms with Crippen LogP contribution in [0.1, 0.15) is 50.2 Å². The van der Waals surface area contributed by atoms with Crippen LogP contribution >= 0.6 is 11.3 Å². The molecule has 0 bridgehead atoms. The molecule has 2 heterocycles. The average molecular weight is 267 g/mol. The Morgan fingerprint density at radius 1 is 1.44 bits per heavy atom. The van der Waals surface area contributed by atoms with Gasteiger partial charge in [-0.15, -0.1) is 11.3 Å². The van der Waals surface area contributed by atoms with Crippen molar-refractivity contribution in [2.45, 2.75) is 45.1 Å². The molecule has 0 saturated carbocycles. The minimum absolute atomic E-state index is 0.124. The Balaban J connectivity index is 2.23. The minimum atomic E-state index is 0.124. The molecule has 0 unspecified atom stereocenters. The normalized spacial score (nSPS) is 20.5. The molecule has 0 amide bonds. The van der Waals surface area contributed by atoms with E-state index in [1.165, 1.54) is 23.5 Å². The molecule has 0 spiro atoms. The van der Waals surface area contributed by atoms with Gasteiger partial charge in [0.2, 0.25) is 0 Å². The number of thiazole rings is 1. The molecule has 3 nitrogen and oxygen atoms in total. The van der Waals surface area contributed by atoms with Crippen molar-refractivity contribution < 1.29 is 0 Å². The number of hydrogen-bond acceptors (Lipinski definition) is 4. The van der Waals surface area contributed by atoms with E-state index in [1.807, 2.05) is 11.3 Å². The van der Waals surface area contributed by atoms with Gasteiger partial charge in [-0.2, -0.15) is 0 Å². The molecule has 0 aromatic carbocycles. The molecule has 1 aromatic rings. The summed E-state index contributed by atoms with van der Waals surface area (Å²) in [6.45, 7) is 9.95. The average Bonchev–Trinajstić information content (AvgIpc) is 2.83. The molecule has 1 aliphatic rings. The molecule has 2 rings (SSSR count). The Kier molecular flexibility index (Phi) is 4.41. The van der Waals surface area contributed by atoms with Crippen molar-refractivity contribution >= 4 is 11.3 Å². The number of likely N-dealkylation sites (tertiary alicyclic amines) is 1. The van der Waals surface area contributed by atoms with Gasteiger partial charge in [-0.3, -0.25) is 0 Å². The number of nitrogens with one attached hydrogen (secondary N) is 1. The van der Waals surface area contributed by atoms with E-state index in [1.54, 1.807) is 0 Å². The van der Waals surface area contributed by atoms with Crippen LogP contribution in [-0.2, 0) is 5.54 Å². The second-order valence-electron chi connectivity index (χ2n) is 5.65. The minimum Gasteiger partial charge on any atom is -0.306 e. The number of aromatic nitrogens is 1. The van der Waals surface area contributed by atoms with Crippen molar-refractivity contribution in [2.24, 2.45) is 0 Å². The van der Waals surface area contributed by atoms with Crippen molar-refractivity contribution in [3.05, 3.63) is 16.1 Å². The molecule has 0 radical (unpaired) electrons. The third kappa shape index (κ3) is 2.76. The van der Waals surface area contributed by atoms with Crippen LogP contribution in [0.3, 0.4) is 0 Å². The highest BCUT2D eigenvalue weighted by molar-refractivity contribution is 7.09. The van der Waals surface area contributed by atoms with E-state index >= 15 is 0 Å². The van der Waals surface area contributed by atoms with Gasteiger partial charge in [-0.1, -0.05) is 20.8 Å². The highest BCUT2D eigenvalue weighted by Gasteiger charge is 2.37. The lowest BCUT2D eigenvalue weighted by molar-refractivity contribution is 0.158. The first kappa shape index (κ1) is 14.0. The van der Waals surface area contributed by atoms with Crippen LogP contribution in [0.25, 0.3) is 0 Å². The summed E-state index contributed by atoms with van der Waals surface area (Å²) in [4.78, 5) is 7.30. The van der Waals surface area contributed by atoms with Crippen LogP contribution in [0, 0.1) is 0 Å². The Labute approximate surface area is 115 Å². The molecule has 4 heteroatoms. The van der Waals surface area contributed by atoms with Crippen LogP contribution in [0.5, 0.6) is 0 Å². The Morgan fingerprint density at radius 2 is 2.11 bits per heavy atom. The molecule has 0 aliphatic carbocycles. The molecule has 1 aromatic heterocycles. The van der Waals surface area contributed by atoms with Gasteiger partial charge in [0.05, 0.1) is 11.2 Å². The van der Waals surface area contributed by atoms with Crippen LogP contribution < -0.4 is 5.32 Å². The summed E-state index contributed by atoms with van der Waals surface area (Å²) < 4.78 is 0. The zero-order valence-electron chi connectivity index (χ0n) is 12.0. The van der Waals surface area contributed by atoms with E-state index in [0.29, 0.717) is 5.92 Å². The molecule has 1 aliphatic heterocycles. The van der Waals surface area contributed by atoms with Crippen LogP contribution in [0.15, 0.2) is 5.38 Å². The van der Waals surface area contributed by atoms with Crippen molar-refractivity contribution in [1.82, 2.24) is 15.2 Å². The van der Waals surface area contributed by atoms with Gasteiger partial charge in [-0.05, 0) is 32.4 Å². The van der Waals surface area contributed by atoms with Crippen molar-refractivity contribution in [3.8, 4) is 0 Å². The second kappa shape index (κ2) is 5.68. The topological polar surface area (TPSA) is 28.2 Å². The zero-order chi connectivity index (χ0) is 13.2. The molecular formula is C14H25N3S. The van der Waals surface area contributed by atoms with Crippen LogP contribution in [0.2, 0.25) is 0 Å². The van der Waals surface area contributed by atoms with Gasteiger partial charge in [-0.25, -0.2) is 4.98 Å². The summed E-state index contributed by atoms with van der Waals surface area (Å²) in [5.74, 6) is 0.528. The molecule has 102 valence electrons. The first-order valence-electron chi connectivity index (χ1n) is 6.97. The number of nitrogens with zero attached hydrogens (tertiary/aromatic N) is 2. The summed E-state index contributed by atoms with van der Waals surface area (Å²) in [5, 5.41) is 7.23. The second-order valence-corrected chi connectivity index (χ2v) is 6.51. The fourth-order valence-corrected chi connectivity index (χ4v) is 3.79. The molecule has 1 saturated heterocycles. The Hall–Kier alpha value is -0.450. The highest BCUT2D eigenvalue weighted by Crippen LogP contribution is 2.35. The quantitative estimate of drug-likeness (QED) is 0.909. The first-order valence-corrected chi connectivity index (χ1v) is 7.85. The fraction of sp³-hybridized carbons (Fsp3) is 0.786. The SMILES string of the molecule is CCNC1(c2nc(C(C)C)cs2)CCN(C)CC1. The lowest BCUT2D eigenvalue weighted by Gasteiger charge is -2.40. The van der Waals surface area contributed by atoms with Crippen LogP contribution in [-0.4, -0.2) is 36.6 Å². The van der Waals surface area contributed by atoms with Gasteiger partial charge in [0.1, 0.15) is 5.01 Å². The van der Waals surface area contributed by atoms with Crippen molar-refractivity contribution in [2.75, 3.05) is 26.7 Å². The van der Waals surface area contributed by atoms with Gasteiger partial charge >= 0.3 is 0 Å². The Morgan fingerprint density at radius 3 is 2.61 bits per heavy atom. The summed E-state index contributed by atoms with van der Waals surface area (Å²) in [5.41, 5.74) is 1.37. The zero-order valence-corrected chi connectivity index (χ0v) is 12.8. The van der Waals surface area contributed by atoms with E-state index in [2.05, 4.69) is 43.4 Å². The third-order valence-electron chi connectivity index (χ3n) is 3.88. The van der Waals surface area contributed by atoms with Gasteiger partial charge in [0.15, 0.2) is 0 Å². The maximum absolute atomic E-state index is 4.89. The molecular weight excluding hydrogens is 242 g/mol. The number of piperidine rings is 1. The third-order valence-corrected chi connectivity index (χ3v) is 4.94. The van der Waals surface area contributed by atoms with Crippen molar-refractivity contribution in [1.29, 1.82) is 0 Å². The van der Waals surface area contributed by atoms with Gasteiger partial charge in [0.25, 0.3) is 0 Å². The number of hydrogen-bond donors (Lipinski definition) is 1. The summed E-state index contributed by atoms with van der Waals surface area (Å²) in [6.07, 6.45) is 2.34. The summed E-state index contributed by atoms with van der Waals surface area (Å²) in [7, 11) is 2.21. The lowest BCUT2D eigenvalue weighted by atomic mass is 9.88. The summed E-state index contributed by atoms with van der Waals surface area (Å²) in [6, 6.07) is 0. The standard InChI is InChI=1S/C14H25N3S/c1-5-15-14(6-8-17(4)9-7-14)13-16-12(10-18-13)11(2)3/h10-11,15H,5-9H2,1-4H3. The molecule has 1 fully saturated rings.